The second-order valence-electron chi connectivity index (χ2n) is 8.30. The highest BCUT2D eigenvalue weighted by Gasteiger charge is 2.33. The van der Waals surface area contributed by atoms with E-state index >= 15 is 0 Å². The third kappa shape index (κ3) is 4.70. The van der Waals surface area contributed by atoms with E-state index in [2.05, 4.69) is 25.7 Å². The zero-order chi connectivity index (χ0) is 19.5. The Morgan fingerprint density at radius 2 is 1.89 bits per heavy atom. The van der Waals surface area contributed by atoms with E-state index in [4.69, 9.17) is 4.74 Å². The molecule has 9 nitrogen and oxygen atoms in total. The number of nitrogens with one attached hydrogen (secondary N) is 2. The molecule has 154 valence electrons. The van der Waals surface area contributed by atoms with Crippen molar-refractivity contribution in [3.05, 3.63) is 11.4 Å². The van der Waals surface area contributed by atoms with E-state index in [-0.39, 0.29) is 30.5 Å². The van der Waals surface area contributed by atoms with Crippen LogP contribution in [0.3, 0.4) is 0 Å². The Balaban J connectivity index is 1.13. The van der Waals surface area contributed by atoms with E-state index in [0.717, 1.165) is 56.5 Å². The van der Waals surface area contributed by atoms with Gasteiger partial charge in [-0.1, -0.05) is 0 Å². The zero-order valence-electron chi connectivity index (χ0n) is 16.5. The number of aromatic nitrogens is 3. The number of nitrogens with zero attached hydrogens (tertiary/aromatic N) is 4. The van der Waals surface area contributed by atoms with Gasteiger partial charge >= 0.3 is 0 Å². The van der Waals surface area contributed by atoms with Crippen LogP contribution in [-0.2, 0) is 33.7 Å². The molecule has 2 heterocycles. The maximum absolute atomic E-state index is 12.3. The van der Waals surface area contributed by atoms with Crippen LogP contribution in [0.2, 0.25) is 0 Å². The Bertz CT molecular complexity index is 691. The average molecular weight is 390 g/mol. The smallest absolute Gasteiger partial charge is 0.250 e. The molecule has 9 heteroatoms. The van der Waals surface area contributed by atoms with Gasteiger partial charge in [0.1, 0.15) is 12.6 Å². The molecule has 1 aromatic rings. The maximum Gasteiger partial charge on any atom is 0.250 e. The second-order valence-corrected chi connectivity index (χ2v) is 8.30. The fourth-order valence-electron chi connectivity index (χ4n) is 4.15. The second kappa shape index (κ2) is 8.57. The average Bonchev–Trinajstić information content (AvgIpc) is 3.05. The third-order valence-electron chi connectivity index (χ3n) is 5.90. The minimum absolute atomic E-state index is 0.0206. The molecule has 1 aromatic heterocycles. The van der Waals surface area contributed by atoms with Gasteiger partial charge in [-0.05, 0) is 51.5 Å². The first-order valence-electron chi connectivity index (χ1n) is 10.4. The van der Waals surface area contributed by atoms with Crippen molar-refractivity contribution in [1.82, 2.24) is 30.5 Å². The maximum atomic E-state index is 12.3. The number of hydrogen-bond donors (Lipinski definition) is 2. The number of aryl methyl sites for hydroxylation is 2. The number of carbonyl (C=O) groups excluding carboxylic acids is 2. The van der Waals surface area contributed by atoms with Crippen LogP contribution >= 0.6 is 0 Å². The van der Waals surface area contributed by atoms with E-state index in [1.165, 1.54) is 4.80 Å². The summed E-state index contributed by atoms with van der Waals surface area (Å²) in [5.41, 5.74) is 2.09. The van der Waals surface area contributed by atoms with Crippen molar-refractivity contribution in [3.8, 4) is 0 Å². The lowest BCUT2D eigenvalue weighted by Gasteiger charge is -2.37. The minimum Gasteiger partial charge on any atom is -0.366 e. The molecule has 2 aliphatic carbocycles. The van der Waals surface area contributed by atoms with Crippen molar-refractivity contribution in [1.29, 1.82) is 0 Å². The fraction of sp³-hybridized carbons (Fsp3) is 0.789. The summed E-state index contributed by atoms with van der Waals surface area (Å²) >= 11 is 0. The van der Waals surface area contributed by atoms with E-state index in [9.17, 15) is 9.59 Å². The van der Waals surface area contributed by atoms with Gasteiger partial charge in [-0.2, -0.15) is 15.0 Å². The van der Waals surface area contributed by atoms with Gasteiger partial charge in [0.05, 0.1) is 18.0 Å². The van der Waals surface area contributed by atoms with E-state index in [1.807, 2.05) is 7.05 Å². The molecule has 1 aliphatic heterocycles. The summed E-state index contributed by atoms with van der Waals surface area (Å²) in [7, 11) is 2.00. The Morgan fingerprint density at radius 1 is 1.18 bits per heavy atom. The number of ether oxygens (including phenoxy) is 1. The fourth-order valence-corrected chi connectivity index (χ4v) is 4.15. The molecule has 0 aromatic carbocycles. The van der Waals surface area contributed by atoms with Gasteiger partial charge in [0.25, 0.3) is 5.91 Å². The third-order valence-corrected chi connectivity index (χ3v) is 5.90. The largest absolute Gasteiger partial charge is 0.366 e. The Labute approximate surface area is 165 Å². The first-order chi connectivity index (χ1) is 13.6. The van der Waals surface area contributed by atoms with Gasteiger partial charge in [0, 0.05) is 25.7 Å². The number of rotatable bonds is 6. The molecule has 0 radical (unpaired) electrons. The normalized spacial score (nSPS) is 27.5. The monoisotopic (exact) mass is 390 g/mol. The molecule has 28 heavy (non-hydrogen) atoms. The van der Waals surface area contributed by atoms with Crippen molar-refractivity contribution in [2.45, 2.75) is 57.2 Å². The van der Waals surface area contributed by atoms with Crippen molar-refractivity contribution < 1.29 is 14.3 Å². The highest BCUT2D eigenvalue weighted by Crippen LogP contribution is 2.27. The molecule has 0 bridgehead atoms. The quantitative estimate of drug-likeness (QED) is 0.679. The Kier molecular flexibility index (Phi) is 5.91. The standard InChI is InChI=1S/C19H30N6O3/c1-24-6-7-28-17(11-24)19(27)21-14-8-13(9-14)10-20-18(26)12-25-22-15-4-2-3-5-16(15)23-25/h13-14,17H,2-12H2,1H3,(H,20,26)(H,21,27). The lowest BCUT2D eigenvalue weighted by Crippen LogP contribution is -2.54. The van der Waals surface area contributed by atoms with Gasteiger partial charge in [0.15, 0.2) is 0 Å². The number of hydrogen-bond acceptors (Lipinski definition) is 6. The van der Waals surface area contributed by atoms with Crippen molar-refractivity contribution in [2.24, 2.45) is 5.92 Å². The first kappa shape index (κ1) is 19.3. The van der Waals surface area contributed by atoms with Gasteiger partial charge in [-0.3, -0.25) is 9.59 Å². The lowest BCUT2D eigenvalue weighted by molar-refractivity contribution is -0.139. The molecule has 1 unspecified atom stereocenters. The van der Waals surface area contributed by atoms with Crippen LogP contribution in [0.25, 0.3) is 0 Å². The summed E-state index contributed by atoms with van der Waals surface area (Å²) in [5, 5.41) is 14.9. The summed E-state index contributed by atoms with van der Waals surface area (Å²) in [6, 6.07) is 0.185. The van der Waals surface area contributed by atoms with E-state index in [0.29, 0.717) is 25.6 Å². The number of morpholine rings is 1. The van der Waals surface area contributed by atoms with Gasteiger partial charge in [-0.25, -0.2) is 0 Å². The topological polar surface area (TPSA) is 101 Å². The van der Waals surface area contributed by atoms with Gasteiger partial charge < -0.3 is 20.3 Å². The first-order valence-corrected chi connectivity index (χ1v) is 10.4. The predicted octanol–water partition coefficient (Wildman–Crippen LogP) is -0.501. The molecule has 2 amide bonds. The zero-order valence-corrected chi connectivity index (χ0v) is 16.5. The molecule has 1 saturated carbocycles. The molecule has 1 atom stereocenters. The molecule has 4 rings (SSSR count). The summed E-state index contributed by atoms with van der Waals surface area (Å²) in [4.78, 5) is 28.1. The Hall–Kier alpha value is -2.00. The van der Waals surface area contributed by atoms with Gasteiger partial charge in [0.2, 0.25) is 5.91 Å². The molecular formula is C19H30N6O3. The number of likely N-dealkylation sites (N-methyl/N-ethyl adjacent to an activating group) is 1. The van der Waals surface area contributed by atoms with Crippen LogP contribution in [0.5, 0.6) is 0 Å². The SMILES string of the molecule is CN1CCOC(C(=O)NC2CC(CNC(=O)Cn3nc4c(n3)CCCC4)C2)C1. The van der Waals surface area contributed by atoms with Crippen LogP contribution in [0, 0.1) is 5.92 Å². The van der Waals surface area contributed by atoms with Crippen LogP contribution in [0.1, 0.15) is 37.1 Å². The predicted molar refractivity (Wildman–Crippen MR) is 102 cm³/mol. The molecule has 2 N–H and O–H groups in total. The van der Waals surface area contributed by atoms with Gasteiger partial charge in [-0.15, -0.1) is 0 Å². The highest BCUT2D eigenvalue weighted by molar-refractivity contribution is 5.81. The summed E-state index contributed by atoms with van der Waals surface area (Å²) in [5.74, 6) is 0.328. The number of amides is 2. The highest BCUT2D eigenvalue weighted by atomic mass is 16.5. The summed E-state index contributed by atoms with van der Waals surface area (Å²) in [6.07, 6.45) is 5.65. The van der Waals surface area contributed by atoms with Crippen molar-refractivity contribution in [3.63, 3.8) is 0 Å². The number of fused-ring (bicyclic) bond motifs is 1. The van der Waals surface area contributed by atoms with Crippen molar-refractivity contribution >= 4 is 11.8 Å². The minimum atomic E-state index is -0.370. The number of carbonyl (C=O) groups is 2. The molecule has 2 fully saturated rings. The van der Waals surface area contributed by atoms with Crippen LogP contribution in [-0.4, -0.2) is 77.1 Å². The lowest BCUT2D eigenvalue weighted by atomic mass is 9.80. The molecule has 0 spiro atoms. The van der Waals surface area contributed by atoms with E-state index in [1.54, 1.807) is 0 Å². The molecular weight excluding hydrogens is 360 g/mol. The van der Waals surface area contributed by atoms with Crippen molar-refractivity contribution in [2.75, 3.05) is 33.3 Å². The van der Waals surface area contributed by atoms with Crippen LogP contribution in [0.15, 0.2) is 0 Å². The summed E-state index contributed by atoms with van der Waals surface area (Å²) in [6.45, 7) is 2.91. The molecule has 1 saturated heterocycles. The van der Waals surface area contributed by atoms with Crippen LogP contribution < -0.4 is 10.6 Å². The van der Waals surface area contributed by atoms with E-state index < -0.39 is 0 Å². The summed E-state index contributed by atoms with van der Waals surface area (Å²) < 4.78 is 5.55. The molecule has 3 aliphatic rings. The van der Waals surface area contributed by atoms with Crippen LogP contribution in [0.4, 0.5) is 0 Å². The Morgan fingerprint density at radius 3 is 2.57 bits per heavy atom.